The SMILES string of the molecule is C[C-](C)C.C[C-](C)C.Cl.Oc1ccccc1.[Ti+3].[c-]1nn[nH]n1. The van der Waals surface area contributed by atoms with Crippen LogP contribution in [0.1, 0.15) is 41.5 Å². The predicted octanol–water partition coefficient (Wildman–Crippen LogP) is 4.05. The third-order valence-corrected chi connectivity index (χ3v) is 0.996. The van der Waals surface area contributed by atoms with E-state index in [1.54, 1.807) is 24.3 Å². The van der Waals surface area contributed by atoms with Crippen molar-refractivity contribution in [3.05, 3.63) is 48.5 Å². The molecule has 0 atom stereocenters. The molecule has 2 rings (SSSR count). The Morgan fingerprint density at radius 1 is 0.955 bits per heavy atom. The summed E-state index contributed by atoms with van der Waals surface area (Å²) in [5.74, 6) is 3.16. The number of H-pyrrole nitrogens is 1. The van der Waals surface area contributed by atoms with Gasteiger partial charge in [-0.3, -0.25) is 0 Å². The van der Waals surface area contributed by atoms with Crippen molar-refractivity contribution in [3.8, 4) is 5.75 Å². The summed E-state index contributed by atoms with van der Waals surface area (Å²) in [6, 6.07) is 8.71. The van der Waals surface area contributed by atoms with Crippen LogP contribution in [0.4, 0.5) is 0 Å². The van der Waals surface area contributed by atoms with Gasteiger partial charge in [0.15, 0.2) is 0 Å². The molecule has 0 bridgehead atoms. The molecule has 1 aromatic carbocycles. The van der Waals surface area contributed by atoms with Crippen molar-refractivity contribution in [3.63, 3.8) is 0 Å². The molecular formula is C15H26ClN4OTi. The Morgan fingerprint density at radius 3 is 1.50 bits per heavy atom. The van der Waals surface area contributed by atoms with Crippen LogP contribution in [-0.2, 0) is 21.7 Å². The first-order chi connectivity index (χ1) is 9.36. The van der Waals surface area contributed by atoms with Gasteiger partial charge in [-0.1, -0.05) is 23.4 Å². The number of tetrazole rings is 1. The van der Waals surface area contributed by atoms with Crippen LogP contribution in [0.15, 0.2) is 30.3 Å². The Labute approximate surface area is 155 Å². The molecule has 1 radical (unpaired) electrons. The first-order valence-electron chi connectivity index (χ1n) is 6.23. The van der Waals surface area contributed by atoms with Gasteiger partial charge in [0.2, 0.25) is 0 Å². The zero-order chi connectivity index (χ0) is 15.8. The molecule has 0 spiro atoms. The van der Waals surface area contributed by atoms with Crippen LogP contribution >= 0.6 is 12.4 Å². The van der Waals surface area contributed by atoms with Gasteiger partial charge < -0.3 is 27.1 Å². The molecule has 0 aliphatic heterocycles. The Bertz CT molecular complexity index is 344. The van der Waals surface area contributed by atoms with Crippen LogP contribution in [0.3, 0.4) is 0 Å². The maximum atomic E-state index is 8.63. The molecule has 22 heavy (non-hydrogen) atoms. The minimum atomic E-state index is 0. The molecule has 0 aliphatic carbocycles. The van der Waals surface area contributed by atoms with E-state index in [0.717, 1.165) is 0 Å². The van der Waals surface area contributed by atoms with Gasteiger partial charge in [-0.25, -0.2) is 11.5 Å². The molecule has 2 aromatic rings. The molecule has 0 fully saturated rings. The maximum Gasteiger partial charge on any atom is 3.00 e. The number of aromatic hydroxyl groups is 1. The Kier molecular flexibility index (Phi) is 29.6. The minimum absolute atomic E-state index is 0. The Balaban J connectivity index is -0.0000000985. The van der Waals surface area contributed by atoms with Gasteiger partial charge in [-0.15, -0.1) is 12.4 Å². The second kappa shape index (κ2) is 22.4. The summed E-state index contributed by atoms with van der Waals surface area (Å²) in [6.07, 6.45) is 2.19. The van der Waals surface area contributed by atoms with E-state index < -0.39 is 0 Å². The van der Waals surface area contributed by atoms with Gasteiger partial charge in [0.05, 0.1) is 0 Å². The van der Waals surface area contributed by atoms with E-state index in [9.17, 15) is 0 Å². The molecule has 123 valence electrons. The third kappa shape index (κ3) is 42.7. The number of benzene rings is 1. The fraction of sp³-hybridized carbons (Fsp3) is 0.400. The van der Waals surface area contributed by atoms with E-state index in [1.165, 1.54) is 11.8 Å². The number of hydrogen-bond donors (Lipinski definition) is 2. The molecule has 0 saturated carbocycles. The number of para-hydroxylation sites is 1. The fourth-order valence-electron chi connectivity index (χ4n) is 0.540. The van der Waals surface area contributed by atoms with Gasteiger partial charge in [-0.05, 0) is 12.1 Å². The fourth-order valence-corrected chi connectivity index (χ4v) is 0.540. The summed E-state index contributed by atoms with van der Waals surface area (Å²) >= 11 is 0. The van der Waals surface area contributed by atoms with E-state index in [2.05, 4.69) is 68.5 Å². The number of hydrogen-bond acceptors (Lipinski definition) is 4. The minimum Gasteiger partial charge on any atom is -0.508 e. The van der Waals surface area contributed by atoms with Crippen LogP contribution in [0, 0.1) is 18.2 Å². The number of phenols is 1. The van der Waals surface area contributed by atoms with Gasteiger partial charge >= 0.3 is 21.7 Å². The first-order valence-corrected chi connectivity index (χ1v) is 6.23. The zero-order valence-electron chi connectivity index (χ0n) is 14.1. The first kappa shape index (κ1) is 29.1. The average molecular weight is 362 g/mol. The van der Waals surface area contributed by atoms with Gasteiger partial charge in [0.1, 0.15) is 5.75 Å². The molecule has 5 nitrogen and oxygen atoms in total. The van der Waals surface area contributed by atoms with E-state index in [0.29, 0.717) is 5.75 Å². The number of halogens is 1. The second-order valence-corrected chi connectivity index (χ2v) is 4.85. The van der Waals surface area contributed by atoms with Crippen molar-refractivity contribution in [2.24, 2.45) is 0 Å². The summed E-state index contributed by atoms with van der Waals surface area (Å²) < 4.78 is 0. The number of nitrogens with zero attached hydrogens (tertiary/aromatic N) is 3. The largest absolute Gasteiger partial charge is 3.00 e. The predicted molar refractivity (Wildman–Crippen MR) is 88.9 cm³/mol. The summed E-state index contributed by atoms with van der Waals surface area (Å²) in [5, 5.41) is 20.4. The van der Waals surface area contributed by atoms with Gasteiger partial charge in [0.25, 0.3) is 0 Å². The van der Waals surface area contributed by atoms with Crippen LogP contribution in [0.25, 0.3) is 0 Å². The van der Waals surface area contributed by atoms with Crippen molar-refractivity contribution in [1.29, 1.82) is 0 Å². The summed E-state index contributed by atoms with van der Waals surface area (Å²) in [5.41, 5.74) is 0. The van der Waals surface area contributed by atoms with Crippen LogP contribution < -0.4 is 0 Å². The van der Waals surface area contributed by atoms with Crippen molar-refractivity contribution in [1.82, 2.24) is 20.6 Å². The molecular weight excluding hydrogens is 336 g/mol. The van der Waals surface area contributed by atoms with Crippen LogP contribution in [-0.4, -0.2) is 25.7 Å². The van der Waals surface area contributed by atoms with Crippen LogP contribution in [0.5, 0.6) is 5.75 Å². The normalized spacial score (nSPS) is 7.82. The molecule has 2 N–H and O–H groups in total. The molecule has 1 aromatic heterocycles. The van der Waals surface area contributed by atoms with Crippen LogP contribution in [0.2, 0.25) is 0 Å². The summed E-state index contributed by atoms with van der Waals surface area (Å²) in [4.78, 5) is 0. The van der Waals surface area contributed by atoms with Gasteiger partial charge in [-0.2, -0.15) is 41.5 Å². The van der Waals surface area contributed by atoms with Crippen molar-refractivity contribution >= 4 is 12.4 Å². The zero-order valence-corrected chi connectivity index (χ0v) is 16.5. The number of rotatable bonds is 0. The van der Waals surface area contributed by atoms with Gasteiger partial charge in [0, 0.05) is 0 Å². The molecule has 0 unspecified atom stereocenters. The second-order valence-electron chi connectivity index (χ2n) is 4.85. The summed E-state index contributed by atoms with van der Waals surface area (Å²) in [7, 11) is 0. The van der Waals surface area contributed by atoms with Crippen molar-refractivity contribution in [2.45, 2.75) is 41.5 Å². The molecule has 0 aliphatic rings. The number of nitrogens with one attached hydrogen (secondary N) is 1. The van der Waals surface area contributed by atoms with E-state index in [-0.39, 0.29) is 34.1 Å². The van der Waals surface area contributed by atoms with E-state index >= 15 is 0 Å². The standard InChI is InChI=1S/C6H6O.2C4H9.CHN4.ClH.Ti/c7-6-4-2-1-3-5-6;2*1-4(2)3;1-2-4-5-3-1;;/h1-5,7H;2*1-3H3;(H,2,3,4,5);1H;/q;3*-1;;+3. The number of phenolic OH excluding ortho intramolecular Hbond substituents is 1. The molecule has 7 heteroatoms. The molecule has 1 heterocycles. The number of aromatic nitrogens is 4. The molecule has 0 saturated heterocycles. The monoisotopic (exact) mass is 361 g/mol. The van der Waals surface area contributed by atoms with E-state index in [1.807, 2.05) is 6.07 Å². The average Bonchev–Trinajstić information content (AvgIpc) is 2.86. The van der Waals surface area contributed by atoms with Crippen molar-refractivity contribution < 1.29 is 26.8 Å². The Hall–Kier alpha value is -0.906. The summed E-state index contributed by atoms with van der Waals surface area (Å²) in [6.45, 7) is 12.5. The smallest absolute Gasteiger partial charge is 0.508 e. The van der Waals surface area contributed by atoms with E-state index in [4.69, 9.17) is 5.11 Å². The topological polar surface area (TPSA) is 74.7 Å². The Morgan fingerprint density at radius 2 is 1.36 bits per heavy atom. The quantitative estimate of drug-likeness (QED) is 0.548. The third-order valence-electron chi connectivity index (χ3n) is 0.996. The number of aromatic amines is 1. The van der Waals surface area contributed by atoms with Crippen molar-refractivity contribution in [2.75, 3.05) is 0 Å². The maximum absolute atomic E-state index is 8.63. The molecule has 0 amide bonds.